The molecule has 1 atom stereocenters. The third-order valence-corrected chi connectivity index (χ3v) is 5.50. The highest BCUT2D eigenvalue weighted by atomic mass is 19.1. The van der Waals surface area contributed by atoms with Crippen LogP contribution in [-0.4, -0.2) is 62.5 Å². The van der Waals surface area contributed by atoms with Gasteiger partial charge in [0.1, 0.15) is 16.7 Å². The molecule has 0 saturated heterocycles. The Labute approximate surface area is 211 Å². The first-order valence-electron chi connectivity index (χ1n) is 11.5. The van der Waals surface area contributed by atoms with Crippen LogP contribution in [0.15, 0.2) is 41.8 Å². The molecule has 0 bridgehead atoms. The van der Waals surface area contributed by atoms with E-state index in [1.165, 1.54) is 14.2 Å². The summed E-state index contributed by atoms with van der Waals surface area (Å²) in [6.07, 6.45) is 3.97. The van der Waals surface area contributed by atoms with Gasteiger partial charge in [-0.15, -0.1) is 0 Å². The van der Waals surface area contributed by atoms with Gasteiger partial charge in [-0.1, -0.05) is 0 Å². The summed E-state index contributed by atoms with van der Waals surface area (Å²) in [6, 6.07) is 4.29. The molecule has 1 aromatic carbocycles. The summed E-state index contributed by atoms with van der Waals surface area (Å²) in [5, 5.41) is 14.9. The van der Waals surface area contributed by atoms with Gasteiger partial charge in [-0.2, -0.15) is 5.10 Å². The zero-order valence-corrected chi connectivity index (χ0v) is 21.1. The first-order chi connectivity index (χ1) is 17.7. The molecule has 0 fully saturated rings. The van der Waals surface area contributed by atoms with Crippen LogP contribution in [0.2, 0.25) is 0 Å². The lowest BCUT2D eigenvalue weighted by Crippen LogP contribution is -2.31. The third-order valence-electron chi connectivity index (χ3n) is 5.50. The molecule has 4 aromatic rings. The zero-order valence-electron chi connectivity index (χ0n) is 21.1. The van der Waals surface area contributed by atoms with Crippen molar-refractivity contribution in [2.75, 3.05) is 20.8 Å². The minimum Gasteiger partial charge on any atom is -0.493 e. The van der Waals surface area contributed by atoms with E-state index in [-0.39, 0.29) is 36.2 Å². The molecule has 0 spiro atoms. The van der Waals surface area contributed by atoms with Crippen LogP contribution in [0, 0.1) is 11.6 Å². The number of aliphatic hydroxyl groups is 1. The Balaban J connectivity index is 1.95. The van der Waals surface area contributed by atoms with Crippen molar-refractivity contribution in [3.8, 4) is 22.8 Å². The number of hydrogen-bond acceptors (Lipinski definition) is 8. The number of nitrogens with zero attached hydrogens (tertiary/aromatic N) is 6. The predicted octanol–water partition coefficient (Wildman–Crippen LogP) is 3.15. The molecule has 196 valence electrons. The lowest BCUT2D eigenvalue weighted by atomic mass is 10.2. The highest BCUT2D eigenvalue weighted by molar-refractivity contribution is 5.73. The first-order valence-corrected chi connectivity index (χ1v) is 11.5. The van der Waals surface area contributed by atoms with E-state index in [2.05, 4.69) is 15.1 Å². The van der Waals surface area contributed by atoms with Gasteiger partial charge < -0.3 is 23.9 Å². The summed E-state index contributed by atoms with van der Waals surface area (Å²) in [5.74, 6) is -2.45. The van der Waals surface area contributed by atoms with Crippen molar-refractivity contribution in [2.45, 2.75) is 32.6 Å². The number of aliphatic hydroxyl groups excluding tert-OH is 1. The van der Waals surface area contributed by atoms with Gasteiger partial charge in [0.2, 0.25) is 0 Å². The summed E-state index contributed by atoms with van der Waals surface area (Å²) in [7, 11) is 4.30. The Morgan fingerprint density at radius 3 is 2.38 bits per heavy atom. The van der Waals surface area contributed by atoms with E-state index < -0.39 is 23.4 Å². The molecule has 0 saturated carbocycles. The highest BCUT2D eigenvalue weighted by Crippen LogP contribution is 2.36. The molecule has 0 amide bonds. The van der Waals surface area contributed by atoms with Gasteiger partial charge >= 0.3 is 0 Å². The molecule has 12 heteroatoms. The number of methoxy groups -OCH3 is 2. The maximum absolute atomic E-state index is 15.1. The maximum atomic E-state index is 15.1. The quantitative estimate of drug-likeness (QED) is 0.366. The fourth-order valence-corrected chi connectivity index (χ4v) is 3.68. The molecule has 37 heavy (non-hydrogen) atoms. The molecule has 3 aromatic heterocycles. The van der Waals surface area contributed by atoms with Crippen LogP contribution < -0.4 is 15.0 Å². The molecular formula is C25H28F2N6O4. The van der Waals surface area contributed by atoms with Crippen LogP contribution in [0.1, 0.15) is 13.8 Å². The van der Waals surface area contributed by atoms with Crippen LogP contribution in [0.25, 0.3) is 22.4 Å². The van der Waals surface area contributed by atoms with E-state index in [1.807, 2.05) is 13.8 Å². The molecule has 0 aliphatic rings. The summed E-state index contributed by atoms with van der Waals surface area (Å²) < 4.78 is 49.0. The lowest BCUT2D eigenvalue weighted by Gasteiger charge is -2.17. The Morgan fingerprint density at radius 1 is 1.08 bits per heavy atom. The van der Waals surface area contributed by atoms with Crippen molar-refractivity contribution in [2.24, 2.45) is 12.0 Å². The number of aromatic nitrogens is 5. The summed E-state index contributed by atoms with van der Waals surface area (Å²) in [4.78, 5) is 13.5. The van der Waals surface area contributed by atoms with Crippen LogP contribution in [0.5, 0.6) is 11.5 Å². The Kier molecular flexibility index (Phi) is 7.79. The number of benzene rings is 1. The average Bonchev–Trinajstić information content (AvgIpc) is 3.32. The fourth-order valence-electron chi connectivity index (χ4n) is 3.68. The summed E-state index contributed by atoms with van der Waals surface area (Å²) in [6.45, 7) is 3.71. The van der Waals surface area contributed by atoms with Crippen molar-refractivity contribution in [1.82, 2.24) is 24.3 Å². The number of pyridine rings is 1. The average molecular weight is 515 g/mol. The highest BCUT2D eigenvalue weighted by Gasteiger charge is 2.21. The van der Waals surface area contributed by atoms with Crippen molar-refractivity contribution >= 4 is 16.9 Å². The minimum atomic E-state index is -0.994. The predicted molar refractivity (Wildman–Crippen MR) is 132 cm³/mol. The molecule has 1 unspecified atom stereocenters. The normalized spacial score (nSPS) is 12.9. The minimum absolute atomic E-state index is 0.0294. The van der Waals surface area contributed by atoms with E-state index in [4.69, 9.17) is 19.2 Å². The van der Waals surface area contributed by atoms with Crippen LogP contribution >= 0.6 is 0 Å². The number of fused-ring (bicyclic) bond motifs is 1. The molecule has 3 heterocycles. The van der Waals surface area contributed by atoms with E-state index >= 15 is 8.78 Å². The van der Waals surface area contributed by atoms with Crippen molar-refractivity contribution in [1.29, 1.82) is 0 Å². The van der Waals surface area contributed by atoms with E-state index in [9.17, 15) is 5.11 Å². The molecule has 4 rings (SSSR count). The Hall–Kier alpha value is -3.90. The van der Waals surface area contributed by atoms with Crippen LogP contribution in [-0.2, 0) is 18.3 Å². The van der Waals surface area contributed by atoms with Gasteiger partial charge in [0.25, 0.3) is 0 Å². The maximum Gasteiger partial charge on any atom is 0.193 e. The standard InChI is InChI=1S/C25H28F2N6O4/c1-14(2)37-13-16(34)12-33-21(31-24-22(26)19(35-4)8-20(36-5)23(24)27)7-6-17-25(33)30-18(10-28-17)15-9-29-32(3)11-15/h6-11,14,16,34H,12-13H2,1-5H3. The largest absolute Gasteiger partial charge is 0.493 e. The second kappa shape index (κ2) is 11.0. The van der Waals surface area contributed by atoms with Gasteiger partial charge in [-0.3, -0.25) is 9.67 Å². The van der Waals surface area contributed by atoms with Crippen molar-refractivity contribution < 1.29 is 28.1 Å². The van der Waals surface area contributed by atoms with Gasteiger partial charge in [0.15, 0.2) is 28.8 Å². The van der Waals surface area contributed by atoms with Crippen molar-refractivity contribution in [3.05, 3.63) is 53.9 Å². The fraction of sp³-hybridized carbons (Fsp3) is 0.360. The molecule has 0 aliphatic carbocycles. The monoisotopic (exact) mass is 514 g/mol. The van der Waals surface area contributed by atoms with E-state index in [0.29, 0.717) is 16.9 Å². The molecular weight excluding hydrogens is 486 g/mol. The van der Waals surface area contributed by atoms with Gasteiger partial charge in [-0.25, -0.2) is 18.8 Å². The second-order valence-corrected chi connectivity index (χ2v) is 8.57. The Bertz CT molecular complexity index is 1460. The second-order valence-electron chi connectivity index (χ2n) is 8.57. The SMILES string of the molecule is COc1cc(OC)c(F)c(N=c2ccc3ncc(-c4cnn(C)c4)nc3n2CC(O)COC(C)C)c1F. The van der Waals surface area contributed by atoms with Gasteiger partial charge in [0, 0.05) is 24.9 Å². The summed E-state index contributed by atoms with van der Waals surface area (Å²) >= 11 is 0. The van der Waals surface area contributed by atoms with Crippen LogP contribution in [0.4, 0.5) is 14.5 Å². The number of rotatable bonds is 9. The number of aryl methyl sites for hydroxylation is 1. The molecule has 0 aliphatic heterocycles. The summed E-state index contributed by atoms with van der Waals surface area (Å²) in [5.41, 5.74) is 1.62. The van der Waals surface area contributed by atoms with Crippen molar-refractivity contribution in [3.63, 3.8) is 0 Å². The number of halogens is 2. The van der Waals surface area contributed by atoms with Crippen LogP contribution in [0.3, 0.4) is 0 Å². The number of hydrogen-bond donors (Lipinski definition) is 1. The zero-order chi connectivity index (χ0) is 26.7. The molecule has 10 nitrogen and oxygen atoms in total. The number of ether oxygens (including phenoxy) is 3. The first kappa shape index (κ1) is 26.2. The topological polar surface area (TPSA) is 109 Å². The van der Waals surface area contributed by atoms with Gasteiger partial charge in [0.05, 0.1) is 57.7 Å². The molecule has 1 N–H and O–H groups in total. The Morgan fingerprint density at radius 2 is 1.78 bits per heavy atom. The smallest absolute Gasteiger partial charge is 0.193 e. The van der Waals surface area contributed by atoms with Gasteiger partial charge in [-0.05, 0) is 26.0 Å². The third kappa shape index (κ3) is 5.59. The molecule has 0 radical (unpaired) electrons. The lowest BCUT2D eigenvalue weighted by molar-refractivity contribution is -0.000712. The van der Waals surface area contributed by atoms with E-state index in [0.717, 1.165) is 11.6 Å². The van der Waals surface area contributed by atoms with E-state index in [1.54, 1.807) is 47.0 Å².